The van der Waals surface area contributed by atoms with Crippen LogP contribution in [0.25, 0.3) is 0 Å². The molecule has 0 aromatic carbocycles. The first-order valence-corrected chi connectivity index (χ1v) is 11.2. The summed E-state index contributed by atoms with van der Waals surface area (Å²) in [5.41, 5.74) is -0.0146. The average molecular weight is 547 g/mol. The average Bonchev–Trinajstić information content (AvgIpc) is 3.25. The summed E-state index contributed by atoms with van der Waals surface area (Å²) in [6.07, 6.45) is 6.38. The van der Waals surface area contributed by atoms with E-state index in [1.165, 1.54) is 0 Å². The van der Waals surface area contributed by atoms with Crippen molar-refractivity contribution in [3.8, 4) is 0 Å². The minimum atomic E-state index is -0.0146. The van der Waals surface area contributed by atoms with Gasteiger partial charge in [-0.1, -0.05) is 0 Å². The zero-order valence-corrected chi connectivity index (χ0v) is 21.0. The van der Waals surface area contributed by atoms with Gasteiger partial charge in [0, 0.05) is 70.3 Å². The first-order valence-electron chi connectivity index (χ1n) is 11.2. The third kappa shape index (κ3) is 8.32. The molecule has 0 radical (unpaired) electrons. The largest absolute Gasteiger partial charge is 0.396 e. The highest BCUT2D eigenvalue weighted by molar-refractivity contribution is 14.0. The van der Waals surface area contributed by atoms with Crippen LogP contribution in [0.1, 0.15) is 26.2 Å². The molecule has 3 rings (SSSR count). The number of aromatic nitrogens is 2. The minimum Gasteiger partial charge on any atom is -0.396 e. The maximum absolute atomic E-state index is 9.39. The third-order valence-corrected chi connectivity index (χ3v) is 5.89. The lowest BCUT2D eigenvalue weighted by Gasteiger charge is -2.34. The van der Waals surface area contributed by atoms with Crippen molar-refractivity contribution >= 4 is 35.9 Å². The number of aliphatic hydroxyl groups excluding tert-OH is 1. The molecular formula is C21H38IN7O2. The number of nitrogens with one attached hydrogen (secondary N) is 2. The molecule has 2 aliphatic heterocycles. The summed E-state index contributed by atoms with van der Waals surface area (Å²) in [5, 5.41) is 16.2. The van der Waals surface area contributed by atoms with Gasteiger partial charge in [-0.2, -0.15) is 0 Å². The molecule has 1 atom stereocenters. The molecule has 10 heteroatoms. The van der Waals surface area contributed by atoms with Gasteiger partial charge in [0.05, 0.1) is 13.2 Å². The van der Waals surface area contributed by atoms with Crippen LogP contribution < -0.4 is 15.5 Å². The molecule has 0 bridgehead atoms. The van der Waals surface area contributed by atoms with E-state index in [2.05, 4.69) is 37.3 Å². The Balaban J connectivity index is 0.00000341. The van der Waals surface area contributed by atoms with Gasteiger partial charge in [-0.15, -0.1) is 24.0 Å². The summed E-state index contributed by atoms with van der Waals surface area (Å²) in [4.78, 5) is 18.2. The molecule has 3 N–H and O–H groups in total. The lowest BCUT2D eigenvalue weighted by atomic mass is 9.84. The Morgan fingerprint density at radius 2 is 2.00 bits per heavy atom. The monoisotopic (exact) mass is 547 g/mol. The van der Waals surface area contributed by atoms with Gasteiger partial charge >= 0.3 is 0 Å². The second kappa shape index (κ2) is 14.0. The molecule has 176 valence electrons. The number of ether oxygens (including phenoxy) is 1. The zero-order chi connectivity index (χ0) is 21.1. The van der Waals surface area contributed by atoms with Crippen molar-refractivity contribution in [1.82, 2.24) is 25.5 Å². The molecule has 0 saturated carbocycles. The normalized spacial score (nSPS) is 22.3. The molecule has 9 nitrogen and oxygen atoms in total. The van der Waals surface area contributed by atoms with Crippen LogP contribution in [0.3, 0.4) is 0 Å². The molecule has 1 aromatic heterocycles. The van der Waals surface area contributed by atoms with Gasteiger partial charge in [0.15, 0.2) is 5.96 Å². The van der Waals surface area contributed by atoms with Crippen LogP contribution in [0.4, 0.5) is 5.95 Å². The van der Waals surface area contributed by atoms with Crippen molar-refractivity contribution in [2.75, 3.05) is 77.1 Å². The number of rotatable bonds is 10. The van der Waals surface area contributed by atoms with Crippen LogP contribution in [0.5, 0.6) is 0 Å². The Morgan fingerprint density at radius 1 is 1.23 bits per heavy atom. The van der Waals surface area contributed by atoms with E-state index in [9.17, 15) is 5.11 Å². The summed E-state index contributed by atoms with van der Waals surface area (Å²) in [7, 11) is 0. The van der Waals surface area contributed by atoms with Crippen LogP contribution in [0.2, 0.25) is 0 Å². The van der Waals surface area contributed by atoms with Crippen molar-refractivity contribution < 1.29 is 9.84 Å². The number of aliphatic imine (C=N–C) groups is 1. The summed E-state index contributed by atoms with van der Waals surface area (Å²) in [6.45, 7) is 11.2. The van der Waals surface area contributed by atoms with Crippen molar-refractivity contribution in [2.24, 2.45) is 10.4 Å². The number of piperazine rings is 1. The maximum Gasteiger partial charge on any atom is 0.225 e. The van der Waals surface area contributed by atoms with Crippen LogP contribution in [-0.4, -0.2) is 98.1 Å². The standard InChI is InChI=1S/C21H37N7O2.HI/c1-2-22-19(26-17-21(5-15-29)6-16-30-18-21)23-9-4-10-27-11-13-28(14-12-27)20-24-7-3-8-25-20;/h3,7-8,29H,2,4-6,9-18H2,1H3,(H2,22,23,26);1H. The lowest BCUT2D eigenvalue weighted by molar-refractivity contribution is 0.131. The molecule has 0 spiro atoms. The van der Waals surface area contributed by atoms with Crippen molar-refractivity contribution in [3.63, 3.8) is 0 Å². The molecular weight excluding hydrogens is 509 g/mol. The van der Waals surface area contributed by atoms with Gasteiger partial charge in [0.2, 0.25) is 5.95 Å². The predicted octanol–water partition coefficient (Wildman–Crippen LogP) is 0.951. The Hall–Kier alpha value is -1.24. The number of hydrogen-bond donors (Lipinski definition) is 3. The minimum absolute atomic E-state index is 0. The summed E-state index contributed by atoms with van der Waals surface area (Å²) in [5.74, 6) is 1.68. The lowest BCUT2D eigenvalue weighted by Crippen LogP contribution is -2.47. The number of anilines is 1. The Labute approximate surface area is 203 Å². The molecule has 0 amide bonds. The summed E-state index contributed by atoms with van der Waals surface area (Å²) < 4.78 is 5.57. The van der Waals surface area contributed by atoms with Crippen molar-refractivity contribution in [3.05, 3.63) is 18.5 Å². The summed E-state index contributed by atoms with van der Waals surface area (Å²) in [6, 6.07) is 1.85. The van der Waals surface area contributed by atoms with E-state index in [1.54, 1.807) is 12.4 Å². The van der Waals surface area contributed by atoms with E-state index < -0.39 is 0 Å². The first-order chi connectivity index (χ1) is 14.7. The highest BCUT2D eigenvalue weighted by Gasteiger charge is 2.34. The van der Waals surface area contributed by atoms with E-state index in [0.29, 0.717) is 13.2 Å². The number of nitrogens with zero attached hydrogens (tertiary/aromatic N) is 5. The highest BCUT2D eigenvalue weighted by Crippen LogP contribution is 2.32. The van der Waals surface area contributed by atoms with Crippen molar-refractivity contribution in [2.45, 2.75) is 26.2 Å². The quantitative estimate of drug-likeness (QED) is 0.173. The second-order valence-corrected chi connectivity index (χ2v) is 8.13. The van der Waals surface area contributed by atoms with Crippen LogP contribution >= 0.6 is 24.0 Å². The molecule has 3 heterocycles. The fraction of sp³-hybridized carbons (Fsp3) is 0.762. The Bertz CT molecular complexity index is 636. The molecule has 2 saturated heterocycles. The number of halogens is 1. The predicted molar refractivity (Wildman–Crippen MR) is 134 cm³/mol. The van der Waals surface area contributed by atoms with Gasteiger partial charge in [-0.25, -0.2) is 9.97 Å². The van der Waals surface area contributed by atoms with Crippen molar-refractivity contribution in [1.29, 1.82) is 0 Å². The topological polar surface area (TPSA) is 98.1 Å². The fourth-order valence-corrected chi connectivity index (χ4v) is 4.01. The van der Waals surface area contributed by atoms with E-state index in [-0.39, 0.29) is 36.0 Å². The number of hydrogen-bond acceptors (Lipinski definition) is 7. The molecule has 2 fully saturated rings. The van der Waals surface area contributed by atoms with Gasteiger partial charge < -0.3 is 25.4 Å². The van der Waals surface area contributed by atoms with E-state index in [1.807, 2.05) is 6.07 Å². The smallest absolute Gasteiger partial charge is 0.225 e. The SMILES string of the molecule is CCNC(=NCC1(CCO)CCOC1)NCCCN1CCN(c2ncccn2)CC1.I. The zero-order valence-electron chi connectivity index (χ0n) is 18.6. The summed E-state index contributed by atoms with van der Waals surface area (Å²) >= 11 is 0. The van der Waals surface area contributed by atoms with E-state index >= 15 is 0 Å². The van der Waals surface area contributed by atoms with E-state index in [4.69, 9.17) is 9.73 Å². The van der Waals surface area contributed by atoms with Gasteiger partial charge in [-0.05, 0) is 38.8 Å². The fourth-order valence-electron chi connectivity index (χ4n) is 4.01. The highest BCUT2D eigenvalue weighted by atomic mass is 127. The maximum atomic E-state index is 9.39. The van der Waals surface area contributed by atoms with E-state index in [0.717, 1.165) is 83.6 Å². The van der Waals surface area contributed by atoms with Crippen LogP contribution in [-0.2, 0) is 4.74 Å². The van der Waals surface area contributed by atoms with Crippen LogP contribution in [0, 0.1) is 5.41 Å². The molecule has 1 unspecified atom stereocenters. The Kier molecular flexibility index (Phi) is 11.8. The molecule has 31 heavy (non-hydrogen) atoms. The van der Waals surface area contributed by atoms with Gasteiger partial charge in [0.25, 0.3) is 0 Å². The second-order valence-electron chi connectivity index (χ2n) is 8.13. The molecule has 1 aromatic rings. The third-order valence-electron chi connectivity index (χ3n) is 5.89. The van der Waals surface area contributed by atoms with Gasteiger partial charge in [-0.3, -0.25) is 9.89 Å². The van der Waals surface area contributed by atoms with Gasteiger partial charge in [0.1, 0.15) is 0 Å². The van der Waals surface area contributed by atoms with Crippen LogP contribution in [0.15, 0.2) is 23.5 Å². The molecule has 2 aliphatic rings. The number of aliphatic hydroxyl groups is 1. The first kappa shape index (κ1) is 26.0. The molecule has 0 aliphatic carbocycles. The Morgan fingerprint density at radius 3 is 2.65 bits per heavy atom. The number of guanidine groups is 1.